The van der Waals surface area contributed by atoms with E-state index in [4.69, 9.17) is 4.74 Å². The van der Waals surface area contributed by atoms with Crippen molar-refractivity contribution in [2.75, 3.05) is 0 Å². The van der Waals surface area contributed by atoms with Crippen LogP contribution in [0.5, 0.6) is 0 Å². The van der Waals surface area contributed by atoms with E-state index in [-0.39, 0.29) is 5.97 Å². The number of hydrogen-bond acceptors (Lipinski definition) is 2. The fourth-order valence-corrected chi connectivity index (χ4v) is 3.59. The van der Waals surface area contributed by atoms with Crippen molar-refractivity contribution in [3.05, 3.63) is 108 Å². The van der Waals surface area contributed by atoms with Gasteiger partial charge in [0.05, 0.1) is 5.57 Å². The minimum Gasteiger partial charge on any atom is -0.422 e. The third kappa shape index (κ3) is 2.72. The fourth-order valence-electron chi connectivity index (χ4n) is 3.59. The maximum absolute atomic E-state index is 12.5. The summed E-state index contributed by atoms with van der Waals surface area (Å²) in [5.41, 5.74) is 2.51. The van der Waals surface area contributed by atoms with Crippen LogP contribution in [0, 0.1) is 0 Å². The Morgan fingerprint density at radius 1 is 0.704 bits per heavy atom. The Hall–Kier alpha value is -3.65. The van der Waals surface area contributed by atoms with Crippen molar-refractivity contribution in [3.63, 3.8) is 0 Å². The average molecular weight is 348 g/mol. The Bertz CT molecular complexity index is 1190. The molecule has 0 aromatic heterocycles. The van der Waals surface area contributed by atoms with Gasteiger partial charge in [0.15, 0.2) is 0 Å². The molecule has 0 unspecified atom stereocenters. The van der Waals surface area contributed by atoms with Crippen molar-refractivity contribution < 1.29 is 9.53 Å². The summed E-state index contributed by atoms with van der Waals surface area (Å²) in [6.45, 7) is 0. The van der Waals surface area contributed by atoms with E-state index in [0.29, 0.717) is 11.3 Å². The van der Waals surface area contributed by atoms with Gasteiger partial charge in [-0.05, 0) is 45.3 Å². The highest BCUT2D eigenvalue weighted by Crippen LogP contribution is 2.33. The van der Waals surface area contributed by atoms with Crippen LogP contribution in [0.2, 0.25) is 0 Å². The number of cyclic esters (lactones) is 1. The Labute approximate surface area is 157 Å². The number of ether oxygens (including phenoxy) is 1. The molecule has 1 aliphatic heterocycles. The quantitative estimate of drug-likeness (QED) is 0.253. The molecule has 0 radical (unpaired) electrons. The molecule has 0 bridgehead atoms. The van der Waals surface area contributed by atoms with E-state index in [1.165, 1.54) is 0 Å². The number of fused-ring (bicyclic) bond motifs is 2. The SMILES string of the molecule is O=C1OC(c2ccccc2)=C/C1=C/c1c2ccccc2cc2ccccc12. The Morgan fingerprint density at radius 2 is 1.30 bits per heavy atom. The maximum Gasteiger partial charge on any atom is 0.343 e. The number of carbonyl (C=O) groups is 1. The van der Waals surface area contributed by atoms with Crippen LogP contribution in [0.15, 0.2) is 96.6 Å². The van der Waals surface area contributed by atoms with Gasteiger partial charge in [0.1, 0.15) is 5.76 Å². The summed E-state index contributed by atoms with van der Waals surface area (Å²) in [4.78, 5) is 12.5. The molecule has 0 aliphatic carbocycles. The minimum atomic E-state index is -0.314. The van der Waals surface area contributed by atoms with Gasteiger partial charge >= 0.3 is 5.97 Å². The number of rotatable bonds is 2. The first-order valence-electron chi connectivity index (χ1n) is 8.91. The summed E-state index contributed by atoms with van der Waals surface area (Å²) in [5.74, 6) is 0.280. The van der Waals surface area contributed by atoms with Crippen LogP contribution < -0.4 is 0 Å². The van der Waals surface area contributed by atoms with Crippen LogP contribution in [-0.4, -0.2) is 5.97 Å². The summed E-state index contributed by atoms with van der Waals surface area (Å²) in [6.07, 6.45) is 3.77. The zero-order valence-corrected chi connectivity index (χ0v) is 14.6. The van der Waals surface area contributed by atoms with Crippen LogP contribution in [0.4, 0.5) is 0 Å². The lowest BCUT2D eigenvalue weighted by Gasteiger charge is -2.08. The lowest BCUT2D eigenvalue weighted by Crippen LogP contribution is -1.97. The third-order valence-corrected chi connectivity index (χ3v) is 4.90. The highest BCUT2D eigenvalue weighted by atomic mass is 16.5. The summed E-state index contributed by atoms with van der Waals surface area (Å²) in [6, 6.07) is 28.4. The van der Waals surface area contributed by atoms with E-state index in [1.807, 2.05) is 66.7 Å². The van der Waals surface area contributed by atoms with Crippen LogP contribution in [-0.2, 0) is 9.53 Å². The highest BCUT2D eigenvalue weighted by Gasteiger charge is 2.22. The molecule has 4 aromatic rings. The van der Waals surface area contributed by atoms with Crippen LogP contribution in [0.25, 0.3) is 33.4 Å². The van der Waals surface area contributed by atoms with Crippen molar-refractivity contribution in [1.29, 1.82) is 0 Å². The highest BCUT2D eigenvalue weighted by molar-refractivity contribution is 6.12. The van der Waals surface area contributed by atoms with Crippen molar-refractivity contribution in [2.24, 2.45) is 0 Å². The molecule has 5 rings (SSSR count). The van der Waals surface area contributed by atoms with Gasteiger partial charge in [0.25, 0.3) is 0 Å². The second-order valence-corrected chi connectivity index (χ2v) is 6.60. The van der Waals surface area contributed by atoms with Gasteiger partial charge in [0, 0.05) is 5.56 Å². The van der Waals surface area contributed by atoms with Gasteiger partial charge in [-0.15, -0.1) is 0 Å². The molecule has 27 heavy (non-hydrogen) atoms. The molecule has 1 aliphatic rings. The minimum absolute atomic E-state index is 0.314. The van der Waals surface area contributed by atoms with E-state index >= 15 is 0 Å². The number of carbonyl (C=O) groups excluding carboxylic acids is 1. The van der Waals surface area contributed by atoms with E-state index in [1.54, 1.807) is 0 Å². The van der Waals surface area contributed by atoms with Gasteiger partial charge in [-0.1, -0.05) is 78.9 Å². The fraction of sp³-hybridized carbons (Fsp3) is 0. The summed E-state index contributed by atoms with van der Waals surface area (Å²) in [5, 5.41) is 4.56. The van der Waals surface area contributed by atoms with Crippen LogP contribution in [0.1, 0.15) is 11.1 Å². The molecular weight excluding hydrogens is 332 g/mol. The zero-order valence-electron chi connectivity index (χ0n) is 14.6. The normalized spacial score (nSPS) is 15.3. The molecule has 2 heteroatoms. The molecule has 4 aromatic carbocycles. The second-order valence-electron chi connectivity index (χ2n) is 6.60. The molecule has 0 fully saturated rings. The molecule has 0 spiro atoms. The lowest BCUT2D eigenvalue weighted by molar-refractivity contribution is -0.130. The van der Waals surface area contributed by atoms with Gasteiger partial charge in [-0.3, -0.25) is 0 Å². The summed E-state index contributed by atoms with van der Waals surface area (Å²) >= 11 is 0. The number of benzene rings is 4. The van der Waals surface area contributed by atoms with Crippen molar-refractivity contribution in [2.45, 2.75) is 0 Å². The first-order valence-corrected chi connectivity index (χ1v) is 8.91. The third-order valence-electron chi connectivity index (χ3n) is 4.90. The number of hydrogen-bond donors (Lipinski definition) is 0. The Balaban J connectivity index is 1.73. The van der Waals surface area contributed by atoms with Crippen molar-refractivity contribution in [3.8, 4) is 0 Å². The summed E-state index contributed by atoms with van der Waals surface area (Å²) < 4.78 is 5.51. The number of esters is 1. The monoisotopic (exact) mass is 348 g/mol. The first kappa shape index (κ1) is 15.6. The standard InChI is InChI=1S/C25H16O2/c26-25-20(16-24(27-25)17-8-2-1-3-9-17)15-23-21-12-6-4-10-18(21)14-19-11-5-7-13-22(19)23/h1-16H/b20-15-. The zero-order chi connectivity index (χ0) is 18.2. The van der Waals surface area contributed by atoms with Crippen molar-refractivity contribution >= 4 is 39.3 Å². The molecule has 2 nitrogen and oxygen atoms in total. The van der Waals surface area contributed by atoms with Crippen LogP contribution in [0.3, 0.4) is 0 Å². The smallest absolute Gasteiger partial charge is 0.343 e. The summed E-state index contributed by atoms with van der Waals surface area (Å²) in [7, 11) is 0. The lowest BCUT2D eigenvalue weighted by atomic mass is 9.95. The largest absolute Gasteiger partial charge is 0.422 e. The second kappa shape index (κ2) is 6.26. The predicted molar refractivity (Wildman–Crippen MR) is 110 cm³/mol. The molecule has 0 saturated carbocycles. The van der Waals surface area contributed by atoms with Gasteiger partial charge in [-0.25, -0.2) is 4.79 Å². The Morgan fingerprint density at radius 3 is 1.96 bits per heavy atom. The van der Waals surface area contributed by atoms with E-state index in [2.05, 4.69) is 30.3 Å². The molecule has 0 atom stereocenters. The van der Waals surface area contributed by atoms with Crippen molar-refractivity contribution in [1.82, 2.24) is 0 Å². The molecule has 128 valence electrons. The van der Waals surface area contributed by atoms with Gasteiger partial charge in [-0.2, -0.15) is 0 Å². The molecule has 0 amide bonds. The van der Waals surface area contributed by atoms with E-state index < -0.39 is 0 Å². The first-order chi connectivity index (χ1) is 13.3. The Kier molecular flexibility index (Phi) is 3.61. The van der Waals surface area contributed by atoms with Crippen LogP contribution >= 0.6 is 0 Å². The molecule has 1 heterocycles. The maximum atomic E-state index is 12.5. The predicted octanol–water partition coefficient (Wildman–Crippen LogP) is 5.97. The molecule has 0 N–H and O–H groups in total. The van der Waals surface area contributed by atoms with Gasteiger partial charge < -0.3 is 4.74 Å². The molecule has 0 saturated heterocycles. The van der Waals surface area contributed by atoms with E-state index in [9.17, 15) is 4.79 Å². The van der Waals surface area contributed by atoms with E-state index in [0.717, 1.165) is 32.7 Å². The van der Waals surface area contributed by atoms with Gasteiger partial charge in [0.2, 0.25) is 0 Å². The topological polar surface area (TPSA) is 26.3 Å². The molecular formula is C25H16O2. The average Bonchev–Trinajstić information content (AvgIpc) is 3.09.